The minimum Gasteiger partial charge on any atom is -0.332 e. The van der Waals surface area contributed by atoms with Crippen LogP contribution in [0, 0.1) is 10.1 Å². The standard InChI is InChI=1S/C3H7FN2O3/c4-1-2(5)3(7)6(8)9/h2-3,7H,1,5H2. The van der Waals surface area contributed by atoms with Crippen LogP contribution in [0.3, 0.4) is 0 Å². The first-order chi connectivity index (χ1) is 4.09. The Kier molecular flexibility index (Phi) is 3.03. The number of nitrogens with two attached hydrogens (primary N) is 1. The molecule has 0 bridgehead atoms. The third-order valence-corrected chi connectivity index (χ3v) is 0.777. The quantitative estimate of drug-likeness (QED) is 0.293. The van der Waals surface area contributed by atoms with Crippen LogP contribution >= 0.6 is 0 Å². The normalized spacial score (nSPS) is 16.8. The Balaban J connectivity index is 3.72. The SMILES string of the molecule is NC(CF)C(O)[N+](=O)[O-]. The molecule has 5 nitrogen and oxygen atoms in total. The maximum Gasteiger partial charge on any atom is 0.330 e. The van der Waals surface area contributed by atoms with Gasteiger partial charge in [-0.15, -0.1) is 0 Å². The highest BCUT2D eigenvalue weighted by Gasteiger charge is 2.24. The van der Waals surface area contributed by atoms with Gasteiger partial charge in [0.2, 0.25) is 0 Å². The lowest BCUT2D eigenvalue weighted by Gasteiger charge is -2.05. The summed E-state index contributed by atoms with van der Waals surface area (Å²) in [5.74, 6) is 0. The zero-order valence-electron chi connectivity index (χ0n) is 4.53. The van der Waals surface area contributed by atoms with E-state index in [4.69, 9.17) is 10.8 Å². The van der Waals surface area contributed by atoms with Crippen molar-refractivity contribution in [2.75, 3.05) is 6.67 Å². The number of halogens is 1. The van der Waals surface area contributed by atoms with Gasteiger partial charge < -0.3 is 10.8 Å². The highest BCUT2D eigenvalue weighted by atomic mass is 19.1. The van der Waals surface area contributed by atoms with E-state index in [0.29, 0.717) is 0 Å². The van der Waals surface area contributed by atoms with E-state index >= 15 is 0 Å². The number of alkyl halides is 1. The fourth-order valence-corrected chi connectivity index (χ4v) is 0.236. The van der Waals surface area contributed by atoms with Crippen LogP contribution in [0.1, 0.15) is 0 Å². The van der Waals surface area contributed by atoms with Gasteiger partial charge in [0.05, 0.1) is 4.92 Å². The minimum atomic E-state index is -1.99. The molecule has 0 aliphatic carbocycles. The minimum absolute atomic E-state index is 1.04. The molecule has 0 spiro atoms. The second-order valence-electron chi connectivity index (χ2n) is 1.52. The Morgan fingerprint density at radius 3 is 2.44 bits per heavy atom. The summed E-state index contributed by atoms with van der Waals surface area (Å²) in [6.45, 7) is -1.10. The van der Waals surface area contributed by atoms with E-state index in [0.717, 1.165) is 0 Å². The number of nitro groups is 1. The predicted octanol–water partition coefficient (Wildman–Crippen LogP) is -1.12. The van der Waals surface area contributed by atoms with Crippen LogP contribution in [0.25, 0.3) is 0 Å². The van der Waals surface area contributed by atoms with Crippen LogP contribution in [0.2, 0.25) is 0 Å². The molecule has 0 heterocycles. The molecule has 3 N–H and O–H groups in total. The Bertz CT molecular complexity index is 109. The molecule has 0 aromatic carbocycles. The molecule has 6 heteroatoms. The molecule has 54 valence electrons. The molecule has 0 aromatic rings. The van der Waals surface area contributed by atoms with Crippen LogP contribution in [-0.4, -0.2) is 29.0 Å². The van der Waals surface area contributed by atoms with Crippen molar-refractivity contribution in [3.63, 3.8) is 0 Å². The molecule has 0 radical (unpaired) electrons. The molecule has 0 aliphatic rings. The Morgan fingerprint density at radius 2 is 2.33 bits per heavy atom. The molecule has 0 saturated heterocycles. The van der Waals surface area contributed by atoms with Crippen molar-refractivity contribution in [1.82, 2.24) is 0 Å². The molecule has 0 saturated carbocycles. The van der Waals surface area contributed by atoms with E-state index in [1.54, 1.807) is 0 Å². The maximum atomic E-state index is 11.4. The maximum absolute atomic E-state index is 11.4. The Morgan fingerprint density at radius 1 is 1.89 bits per heavy atom. The van der Waals surface area contributed by atoms with Crippen molar-refractivity contribution in [1.29, 1.82) is 0 Å². The van der Waals surface area contributed by atoms with Crippen LogP contribution in [0.5, 0.6) is 0 Å². The topological polar surface area (TPSA) is 89.4 Å². The van der Waals surface area contributed by atoms with Gasteiger partial charge in [0, 0.05) is 0 Å². The second kappa shape index (κ2) is 3.31. The van der Waals surface area contributed by atoms with Crippen LogP contribution in [0.15, 0.2) is 0 Å². The monoisotopic (exact) mass is 138 g/mol. The van der Waals surface area contributed by atoms with E-state index in [1.807, 2.05) is 0 Å². The highest BCUT2D eigenvalue weighted by Crippen LogP contribution is 1.90. The van der Waals surface area contributed by atoms with Crippen molar-refractivity contribution < 1.29 is 14.4 Å². The van der Waals surface area contributed by atoms with Gasteiger partial charge in [0.15, 0.2) is 0 Å². The third kappa shape index (κ3) is 2.34. The van der Waals surface area contributed by atoms with Gasteiger partial charge in [-0.05, 0) is 0 Å². The summed E-state index contributed by atoms with van der Waals surface area (Å²) in [4.78, 5) is 8.57. The molecule has 0 rings (SSSR count). The predicted molar refractivity (Wildman–Crippen MR) is 27.0 cm³/mol. The summed E-state index contributed by atoms with van der Waals surface area (Å²) >= 11 is 0. The average molecular weight is 138 g/mol. The van der Waals surface area contributed by atoms with Crippen LogP contribution in [-0.2, 0) is 0 Å². The summed E-state index contributed by atoms with van der Waals surface area (Å²) in [5, 5.41) is 17.9. The molecule has 0 fully saturated rings. The van der Waals surface area contributed by atoms with E-state index in [1.165, 1.54) is 0 Å². The molecule has 0 amide bonds. The van der Waals surface area contributed by atoms with Gasteiger partial charge in [-0.3, -0.25) is 10.1 Å². The van der Waals surface area contributed by atoms with Gasteiger partial charge in [-0.1, -0.05) is 0 Å². The zero-order chi connectivity index (χ0) is 7.44. The number of rotatable bonds is 3. The van der Waals surface area contributed by atoms with Gasteiger partial charge >= 0.3 is 6.23 Å². The van der Waals surface area contributed by atoms with Gasteiger partial charge in [-0.25, -0.2) is 4.39 Å². The molecule has 0 aromatic heterocycles. The Labute approximate surface area is 50.4 Å². The van der Waals surface area contributed by atoms with Gasteiger partial charge in [-0.2, -0.15) is 0 Å². The fraction of sp³-hybridized carbons (Fsp3) is 1.00. The van der Waals surface area contributed by atoms with Crippen LogP contribution < -0.4 is 5.73 Å². The van der Waals surface area contributed by atoms with E-state index < -0.39 is 23.9 Å². The first-order valence-electron chi connectivity index (χ1n) is 2.22. The molecule has 9 heavy (non-hydrogen) atoms. The smallest absolute Gasteiger partial charge is 0.330 e. The average Bonchev–Trinajstić information content (AvgIpc) is 1.84. The molecular formula is C3H7FN2O3. The molecule has 0 aliphatic heterocycles. The summed E-state index contributed by atoms with van der Waals surface area (Å²) in [7, 11) is 0. The number of nitrogens with zero attached hydrogens (tertiary/aromatic N) is 1. The number of aliphatic hydroxyl groups is 1. The molecule has 2 unspecified atom stereocenters. The van der Waals surface area contributed by atoms with E-state index in [9.17, 15) is 14.5 Å². The summed E-state index contributed by atoms with van der Waals surface area (Å²) in [6, 6.07) is -1.42. The lowest BCUT2D eigenvalue weighted by molar-refractivity contribution is -0.573. The lowest BCUT2D eigenvalue weighted by atomic mass is 10.3. The summed E-state index contributed by atoms with van der Waals surface area (Å²) < 4.78 is 11.4. The van der Waals surface area contributed by atoms with Crippen LogP contribution in [0.4, 0.5) is 4.39 Å². The van der Waals surface area contributed by atoms with Crippen molar-refractivity contribution in [2.24, 2.45) is 5.73 Å². The van der Waals surface area contributed by atoms with Crippen molar-refractivity contribution in [3.8, 4) is 0 Å². The largest absolute Gasteiger partial charge is 0.332 e. The lowest BCUT2D eigenvalue weighted by Crippen LogP contribution is -2.41. The number of aliphatic hydroxyl groups excluding tert-OH is 1. The van der Waals surface area contributed by atoms with Crippen molar-refractivity contribution in [3.05, 3.63) is 10.1 Å². The van der Waals surface area contributed by atoms with E-state index in [2.05, 4.69) is 0 Å². The number of hydrogen-bond acceptors (Lipinski definition) is 4. The third-order valence-electron chi connectivity index (χ3n) is 0.777. The fourth-order valence-electron chi connectivity index (χ4n) is 0.236. The summed E-state index contributed by atoms with van der Waals surface area (Å²) in [5.41, 5.74) is 4.75. The second-order valence-corrected chi connectivity index (χ2v) is 1.52. The first kappa shape index (κ1) is 8.25. The van der Waals surface area contributed by atoms with Crippen molar-refractivity contribution >= 4 is 0 Å². The summed E-state index contributed by atoms with van der Waals surface area (Å²) in [6.07, 6.45) is -1.99. The van der Waals surface area contributed by atoms with Gasteiger partial charge in [0.1, 0.15) is 12.7 Å². The number of hydrogen-bond donors (Lipinski definition) is 2. The molecular weight excluding hydrogens is 131 g/mol. The molecule has 2 atom stereocenters. The zero-order valence-corrected chi connectivity index (χ0v) is 4.53. The van der Waals surface area contributed by atoms with Crippen molar-refractivity contribution in [2.45, 2.75) is 12.3 Å². The van der Waals surface area contributed by atoms with E-state index in [-0.39, 0.29) is 0 Å². The Hall–Kier alpha value is -0.750. The first-order valence-corrected chi connectivity index (χ1v) is 2.22. The van der Waals surface area contributed by atoms with Gasteiger partial charge in [0.25, 0.3) is 0 Å². The highest BCUT2D eigenvalue weighted by molar-refractivity contribution is 4.59.